The fourth-order valence-electron chi connectivity index (χ4n) is 5.28. The number of nitrogens with zero attached hydrogens (tertiary/aromatic N) is 1. The van der Waals surface area contributed by atoms with E-state index in [4.69, 9.17) is 4.74 Å². The number of fused-ring (bicyclic) bond motifs is 3. The second-order valence-electron chi connectivity index (χ2n) is 9.86. The second-order valence-corrected chi connectivity index (χ2v) is 9.86. The van der Waals surface area contributed by atoms with Gasteiger partial charge in [0.2, 0.25) is 5.91 Å². The van der Waals surface area contributed by atoms with Gasteiger partial charge in [-0.3, -0.25) is 4.79 Å². The minimum atomic E-state index is -1.01. The molecule has 0 radical (unpaired) electrons. The number of carboxylic acid groups (broad SMARTS) is 1. The Bertz CT molecular complexity index is 1050. The zero-order valence-electron chi connectivity index (χ0n) is 20.6. The monoisotopic (exact) mass is 478 g/mol. The highest BCUT2D eigenvalue weighted by Gasteiger charge is 2.39. The van der Waals surface area contributed by atoms with E-state index in [9.17, 15) is 19.5 Å². The number of ether oxygens (including phenoxy) is 1. The summed E-state index contributed by atoms with van der Waals surface area (Å²) in [4.78, 5) is 39.6. The molecule has 0 saturated carbocycles. The van der Waals surface area contributed by atoms with Crippen LogP contribution in [0.25, 0.3) is 11.1 Å². The number of carbonyl (C=O) groups is 3. The van der Waals surface area contributed by atoms with E-state index in [1.165, 1.54) is 4.90 Å². The number of aliphatic carboxylic acids is 1. The number of carboxylic acids is 1. The lowest BCUT2D eigenvalue weighted by Crippen LogP contribution is -2.58. The maximum absolute atomic E-state index is 13.5. The zero-order valence-corrected chi connectivity index (χ0v) is 20.6. The number of likely N-dealkylation sites (tertiary alicyclic amines) is 1. The van der Waals surface area contributed by atoms with Crippen molar-refractivity contribution < 1.29 is 24.2 Å². The Morgan fingerprint density at radius 2 is 1.66 bits per heavy atom. The lowest BCUT2D eigenvalue weighted by molar-refractivity contribution is -0.154. The van der Waals surface area contributed by atoms with E-state index in [-0.39, 0.29) is 30.3 Å². The van der Waals surface area contributed by atoms with E-state index in [1.807, 2.05) is 45.0 Å². The standard InChI is InChI=1S/C28H34N2O5/c1-4-18(3)25(26(31)30-15-17(2)13-14-24(30)27(32)33)29-28(34)35-16-23-21-11-7-5-9-19(21)20-10-6-8-12-22(20)23/h5-12,17-18,23-25H,4,13-16H2,1-3H3,(H,29,34)(H,32,33). The predicted molar refractivity (Wildman–Crippen MR) is 133 cm³/mol. The van der Waals surface area contributed by atoms with Crippen LogP contribution in [0.2, 0.25) is 0 Å². The Morgan fingerprint density at radius 3 is 2.23 bits per heavy atom. The van der Waals surface area contributed by atoms with Gasteiger partial charge in [0.05, 0.1) is 0 Å². The van der Waals surface area contributed by atoms with Crippen molar-refractivity contribution in [2.45, 2.75) is 58.0 Å². The first-order chi connectivity index (χ1) is 16.8. The summed E-state index contributed by atoms with van der Waals surface area (Å²) in [6.07, 6.45) is 1.17. The van der Waals surface area contributed by atoms with E-state index in [0.29, 0.717) is 19.4 Å². The average Bonchev–Trinajstić information content (AvgIpc) is 3.18. The van der Waals surface area contributed by atoms with Gasteiger partial charge in [-0.15, -0.1) is 0 Å². The summed E-state index contributed by atoms with van der Waals surface area (Å²) in [6.45, 7) is 6.36. The minimum absolute atomic E-state index is 0.0785. The molecule has 0 aromatic heterocycles. The molecule has 1 saturated heterocycles. The van der Waals surface area contributed by atoms with Gasteiger partial charge in [0.1, 0.15) is 18.7 Å². The van der Waals surface area contributed by atoms with Gasteiger partial charge >= 0.3 is 12.1 Å². The number of nitrogens with one attached hydrogen (secondary N) is 1. The minimum Gasteiger partial charge on any atom is -0.480 e. The molecule has 2 aliphatic rings. The third-order valence-corrected chi connectivity index (χ3v) is 7.48. The molecule has 1 heterocycles. The summed E-state index contributed by atoms with van der Waals surface area (Å²) < 4.78 is 5.66. The van der Waals surface area contributed by atoms with Crippen molar-refractivity contribution in [2.75, 3.05) is 13.2 Å². The third-order valence-electron chi connectivity index (χ3n) is 7.48. The van der Waals surface area contributed by atoms with Crippen molar-refractivity contribution in [3.8, 4) is 11.1 Å². The van der Waals surface area contributed by atoms with Crippen molar-refractivity contribution in [3.05, 3.63) is 59.7 Å². The van der Waals surface area contributed by atoms with Crippen LogP contribution in [0.1, 0.15) is 57.1 Å². The van der Waals surface area contributed by atoms with Crippen LogP contribution in [0.3, 0.4) is 0 Å². The van der Waals surface area contributed by atoms with Crippen molar-refractivity contribution in [1.29, 1.82) is 0 Å². The fourth-order valence-corrected chi connectivity index (χ4v) is 5.28. The summed E-state index contributed by atoms with van der Waals surface area (Å²) in [5, 5.41) is 12.4. The number of amides is 2. The average molecular weight is 479 g/mol. The maximum atomic E-state index is 13.5. The molecule has 1 fully saturated rings. The van der Waals surface area contributed by atoms with E-state index in [0.717, 1.165) is 28.7 Å². The lowest BCUT2D eigenvalue weighted by atomic mass is 9.91. The summed E-state index contributed by atoms with van der Waals surface area (Å²) in [6, 6.07) is 14.5. The Morgan fingerprint density at radius 1 is 1.06 bits per heavy atom. The summed E-state index contributed by atoms with van der Waals surface area (Å²) in [5.74, 6) is -1.40. The molecular weight excluding hydrogens is 444 g/mol. The summed E-state index contributed by atoms with van der Waals surface area (Å²) in [7, 11) is 0. The first-order valence-corrected chi connectivity index (χ1v) is 12.5. The Hall–Kier alpha value is -3.35. The normalized spacial score (nSPS) is 20.9. The van der Waals surface area contributed by atoms with Gasteiger partial charge in [0.25, 0.3) is 0 Å². The molecule has 4 rings (SSSR count). The first kappa shape index (κ1) is 24.8. The van der Waals surface area contributed by atoms with Crippen molar-refractivity contribution in [1.82, 2.24) is 10.2 Å². The number of carbonyl (C=O) groups excluding carboxylic acids is 2. The van der Waals surface area contributed by atoms with Crippen LogP contribution in [0.4, 0.5) is 4.79 Å². The van der Waals surface area contributed by atoms with Gasteiger partial charge in [0.15, 0.2) is 0 Å². The molecule has 7 heteroatoms. The molecular formula is C28H34N2O5. The number of hydrogen-bond donors (Lipinski definition) is 2. The highest BCUT2D eigenvalue weighted by atomic mass is 16.5. The zero-order chi connectivity index (χ0) is 25.1. The van der Waals surface area contributed by atoms with E-state index in [1.54, 1.807) is 0 Å². The van der Waals surface area contributed by atoms with Gasteiger partial charge in [0, 0.05) is 12.5 Å². The molecule has 2 N–H and O–H groups in total. The fraction of sp³-hybridized carbons (Fsp3) is 0.464. The molecule has 2 aromatic carbocycles. The molecule has 2 aromatic rings. The van der Waals surface area contributed by atoms with Crippen molar-refractivity contribution in [2.24, 2.45) is 11.8 Å². The number of rotatable bonds is 7. The van der Waals surface area contributed by atoms with Gasteiger partial charge < -0.3 is 20.1 Å². The van der Waals surface area contributed by atoms with Crippen molar-refractivity contribution >= 4 is 18.0 Å². The molecule has 1 aliphatic heterocycles. The number of alkyl carbamates (subject to hydrolysis) is 1. The molecule has 35 heavy (non-hydrogen) atoms. The predicted octanol–water partition coefficient (Wildman–Crippen LogP) is 4.65. The van der Waals surface area contributed by atoms with Crippen LogP contribution in [-0.4, -0.2) is 53.2 Å². The smallest absolute Gasteiger partial charge is 0.407 e. The Kier molecular flexibility index (Phi) is 7.43. The van der Waals surface area contributed by atoms with Crippen LogP contribution in [0, 0.1) is 11.8 Å². The maximum Gasteiger partial charge on any atom is 0.407 e. The molecule has 4 atom stereocenters. The van der Waals surface area contributed by atoms with Gasteiger partial charge in [-0.25, -0.2) is 9.59 Å². The quantitative estimate of drug-likeness (QED) is 0.604. The summed E-state index contributed by atoms with van der Waals surface area (Å²) >= 11 is 0. The first-order valence-electron chi connectivity index (χ1n) is 12.5. The number of piperidine rings is 1. The van der Waals surface area contributed by atoms with Crippen LogP contribution >= 0.6 is 0 Å². The van der Waals surface area contributed by atoms with E-state index >= 15 is 0 Å². The van der Waals surface area contributed by atoms with Gasteiger partial charge in [-0.05, 0) is 46.9 Å². The molecule has 1 aliphatic carbocycles. The lowest BCUT2D eigenvalue weighted by Gasteiger charge is -2.39. The molecule has 4 unspecified atom stereocenters. The molecule has 186 valence electrons. The van der Waals surface area contributed by atoms with E-state index in [2.05, 4.69) is 29.6 Å². The Balaban J connectivity index is 1.47. The van der Waals surface area contributed by atoms with E-state index < -0.39 is 24.1 Å². The third kappa shape index (κ3) is 5.04. The van der Waals surface area contributed by atoms with Gasteiger partial charge in [-0.2, -0.15) is 0 Å². The Labute approximate surface area is 206 Å². The van der Waals surface area contributed by atoms with Crippen LogP contribution in [0.15, 0.2) is 48.5 Å². The summed E-state index contributed by atoms with van der Waals surface area (Å²) in [5.41, 5.74) is 4.51. The van der Waals surface area contributed by atoms with Crippen LogP contribution in [-0.2, 0) is 14.3 Å². The molecule has 7 nitrogen and oxygen atoms in total. The van der Waals surface area contributed by atoms with Crippen LogP contribution < -0.4 is 5.32 Å². The topological polar surface area (TPSA) is 95.9 Å². The largest absolute Gasteiger partial charge is 0.480 e. The molecule has 0 bridgehead atoms. The van der Waals surface area contributed by atoms with Crippen molar-refractivity contribution in [3.63, 3.8) is 0 Å². The second kappa shape index (κ2) is 10.5. The molecule has 2 amide bonds. The van der Waals surface area contributed by atoms with Crippen LogP contribution in [0.5, 0.6) is 0 Å². The highest BCUT2D eigenvalue weighted by Crippen LogP contribution is 2.44. The van der Waals surface area contributed by atoms with Gasteiger partial charge in [-0.1, -0.05) is 75.7 Å². The number of benzene rings is 2. The molecule has 0 spiro atoms. The number of hydrogen-bond acceptors (Lipinski definition) is 4. The SMILES string of the molecule is CCC(C)C(NC(=O)OCC1c2ccccc2-c2ccccc21)C(=O)N1CC(C)CCC1C(=O)O. The highest BCUT2D eigenvalue weighted by molar-refractivity contribution is 5.90.